The first-order valence-corrected chi connectivity index (χ1v) is 9.41. The van der Waals surface area contributed by atoms with Crippen LogP contribution >= 0.6 is 23.1 Å². The van der Waals surface area contributed by atoms with Gasteiger partial charge in [0.15, 0.2) is 10.7 Å². The molecule has 0 spiro atoms. The fraction of sp³-hybridized carbons (Fsp3) is 0.312. The van der Waals surface area contributed by atoms with Crippen LogP contribution in [0.5, 0.6) is 0 Å². The number of rotatable bonds is 7. The predicted octanol–water partition coefficient (Wildman–Crippen LogP) is 3.10. The molecule has 0 aliphatic heterocycles. The minimum Gasteiger partial charge on any atom is -0.431 e. The predicted molar refractivity (Wildman–Crippen MR) is 97.2 cm³/mol. The number of carbonyl (C=O) groups is 1. The van der Waals surface area contributed by atoms with Gasteiger partial charge in [0.1, 0.15) is 5.52 Å². The molecule has 0 unspecified atom stereocenters. The third-order valence-electron chi connectivity index (χ3n) is 3.43. The standard InChI is InChI=1S/C16H18N4O2S2/c1-2-13(14(21)18-8-7-10-9-23-15(17)19-10)24-16-20-11-5-3-4-6-12(11)22-16/h3-6,9,13H,2,7-8H2,1H3,(H2,17,19)(H,18,21)/t13-/m0/s1. The van der Waals surface area contributed by atoms with E-state index in [4.69, 9.17) is 10.2 Å². The van der Waals surface area contributed by atoms with Crippen molar-refractivity contribution in [3.05, 3.63) is 35.3 Å². The number of nitrogen functional groups attached to an aromatic ring is 1. The average Bonchev–Trinajstić information content (AvgIpc) is 3.17. The lowest BCUT2D eigenvalue weighted by Gasteiger charge is -2.12. The molecule has 0 radical (unpaired) electrons. The smallest absolute Gasteiger partial charge is 0.257 e. The van der Waals surface area contributed by atoms with Crippen molar-refractivity contribution < 1.29 is 9.21 Å². The van der Waals surface area contributed by atoms with Crippen molar-refractivity contribution in [2.75, 3.05) is 12.3 Å². The molecule has 2 heterocycles. The zero-order valence-corrected chi connectivity index (χ0v) is 14.8. The van der Waals surface area contributed by atoms with Crippen LogP contribution in [0.25, 0.3) is 11.1 Å². The summed E-state index contributed by atoms with van der Waals surface area (Å²) >= 11 is 2.76. The van der Waals surface area contributed by atoms with E-state index in [0.717, 1.165) is 16.8 Å². The molecule has 0 saturated heterocycles. The second-order valence-electron chi connectivity index (χ2n) is 5.18. The first kappa shape index (κ1) is 16.8. The van der Waals surface area contributed by atoms with Gasteiger partial charge in [0, 0.05) is 18.3 Å². The van der Waals surface area contributed by atoms with E-state index in [2.05, 4.69) is 15.3 Å². The van der Waals surface area contributed by atoms with E-state index in [1.807, 2.05) is 36.6 Å². The number of nitrogens with one attached hydrogen (secondary N) is 1. The summed E-state index contributed by atoms with van der Waals surface area (Å²) in [6.07, 6.45) is 1.36. The summed E-state index contributed by atoms with van der Waals surface area (Å²) in [6, 6.07) is 7.57. The lowest BCUT2D eigenvalue weighted by molar-refractivity contribution is -0.120. The molecule has 1 amide bonds. The minimum atomic E-state index is -0.237. The monoisotopic (exact) mass is 362 g/mol. The lowest BCUT2D eigenvalue weighted by Crippen LogP contribution is -2.33. The number of carbonyl (C=O) groups excluding carboxylic acids is 1. The number of anilines is 1. The summed E-state index contributed by atoms with van der Waals surface area (Å²) < 4.78 is 5.68. The molecule has 24 heavy (non-hydrogen) atoms. The van der Waals surface area contributed by atoms with Gasteiger partial charge in [0.2, 0.25) is 5.91 Å². The van der Waals surface area contributed by atoms with Crippen LogP contribution < -0.4 is 11.1 Å². The fourth-order valence-corrected chi connectivity index (χ4v) is 3.70. The van der Waals surface area contributed by atoms with Crippen molar-refractivity contribution in [3.8, 4) is 0 Å². The summed E-state index contributed by atoms with van der Waals surface area (Å²) in [4.78, 5) is 20.9. The third kappa shape index (κ3) is 4.07. The van der Waals surface area contributed by atoms with Crippen molar-refractivity contribution in [2.45, 2.75) is 30.2 Å². The van der Waals surface area contributed by atoms with Gasteiger partial charge >= 0.3 is 0 Å². The molecule has 8 heteroatoms. The Bertz CT molecular complexity index is 797. The molecule has 3 aromatic rings. The second-order valence-corrected chi connectivity index (χ2v) is 7.22. The van der Waals surface area contributed by atoms with Gasteiger partial charge in [-0.05, 0) is 18.6 Å². The Balaban J connectivity index is 1.55. The highest BCUT2D eigenvalue weighted by Gasteiger charge is 2.20. The number of hydrogen-bond donors (Lipinski definition) is 2. The number of nitrogens with two attached hydrogens (primary N) is 1. The van der Waals surface area contributed by atoms with Gasteiger partial charge in [-0.15, -0.1) is 11.3 Å². The van der Waals surface area contributed by atoms with Crippen LogP contribution in [0.1, 0.15) is 19.0 Å². The molecule has 0 aliphatic rings. The number of fused-ring (bicyclic) bond motifs is 1. The summed E-state index contributed by atoms with van der Waals surface area (Å²) in [5, 5.41) is 5.68. The van der Waals surface area contributed by atoms with Crippen LogP contribution in [0.4, 0.5) is 5.13 Å². The maximum absolute atomic E-state index is 12.3. The van der Waals surface area contributed by atoms with Crippen LogP contribution in [0.2, 0.25) is 0 Å². The van der Waals surface area contributed by atoms with Crippen LogP contribution in [0, 0.1) is 0 Å². The van der Waals surface area contributed by atoms with Gasteiger partial charge in [-0.3, -0.25) is 4.79 Å². The number of benzene rings is 1. The van der Waals surface area contributed by atoms with Crippen molar-refractivity contribution in [1.29, 1.82) is 0 Å². The highest BCUT2D eigenvalue weighted by Crippen LogP contribution is 2.28. The molecule has 3 rings (SSSR count). The van der Waals surface area contributed by atoms with Crippen molar-refractivity contribution in [2.24, 2.45) is 0 Å². The number of nitrogens with zero attached hydrogens (tertiary/aromatic N) is 2. The van der Waals surface area contributed by atoms with Gasteiger partial charge in [-0.25, -0.2) is 9.97 Å². The summed E-state index contributed by atoms with van der Waals surface area (Å²) in [7, 11) is 0. The summed E-state index contributed by atoms with van der Waals surface area (Å²) in [6.45, 7) is 2.51. The Hall–Kier alpha value is -2.06. The topological polar surface area (TPSA) is 94.0 Å². The number of thioether (sulfide) groups is 1. The Kier molecular flexibility index (Phi) is 5.37. The van der Waals surface area contributed by atoms with Gasteiger partial charge in [-0.1, -0.05) is 30.8 Å². The molecule has 1 atom stereocenters. The molecule has 1 aromatic carbocycles. The quantitative estimate of drug-likeness (QED) is 0.627. The van der Waals surface area contributed by atoms with Gasteiger partial charge in [0.05, 0.1) is 10.9 Å². The van der Waals surface area contributed by atoms with Gasteiger partial charge in [-0.2, -0.15) is 0 Å². The van der Waals surface area contributed by atoms with Gasteiger partial charge in [0.25, 0.3) is 5.22 Å². The highest BCUT2D eigenvalue weighted by atomic mass is 32.2. The maximum Gasteiger partial charge on any atom is 0.257 e. The van der Waals surface area contributed by atoms with Crippen LogP contribution in [0.3, 0.4) is 0 Å². The van der Waals surface area contributed by atoms with E-state index < -0.39 is 0 Å². The number of oxazole rings is 1. The number of para-hydroxylation sites is 2. The second kappa shape index (κ2) is 7.67. The highest BCUT2D eigenvalue weighted by molar-refractivity contribution is 8.00. The number of amides is 1. The molecule has 0 saturated carbocycles. The van der Waals surface area contributed by atoms with E-state index in [9.17, 15) is 4.79 Å². The Morgan fingerprint density at radius 1 is 1.42 bits per heavy atom. The van der Waals surface area contributed by atoms with Gasteiger partial charge < -0.3 is 15.5 Å². The molecule has 6 nitrogen and oxygen atoms in total. The van der Waals surface area contributed by atoms with E-state index in [0.29, 0.717) is 29.7 Å². The lowest BCUT2D eigenvalue weighted by atomic mass is 10.3. The van der Waals surface area contributed by atoms with E-state index in [1.54, 1.807) is 0 Å². The zero-order chi connectivity index (χ0) is 16.9. The normalized spacial score (nSPS) is 12.4. The largest absolute Gasteiger partial charge is 0.431 e. The zero-order valence-electron chi connectivity index (χ0n) is 13.2. The summed E-state index contributed by atoms with van der Waals surface area (Å²) in [5.74, 6) is -0.0204. The van der Waals surface area contributed by atoms with Crippen LogP contribution in [0.15, 0.2) is 39.3 Å². The first-order valence-electron chi connectivity index (χ1n) is 7.65. The van der Waals surface area contributed by atoms with Crippen molar-refractivity contribution >= 4 is 45.2 Å². The Labute approximate surface area is 147 Å². The first-order chi connectivity index (χ1) is 11.7. The Morgan fingerprint density at radius 2 is 2.25 bits per heavy atom. The molecule has 126 valence electrons. The molecule has 0 aliphatic carbocycles. The molecule has 3 N–H and O–H groups in total. The number of thiazole rings is 1. The Morgan fingerprint density at radius 3 is 2.96 bits per heavy atom. The summed E-state index contributed by atoms with van der Waals surface area (Å²) in [5.41, 5.74) is 8.03. The number of aromatic nitrogens is 2. The van der Waals surface area contributed by atoms with E-state index >= 15 is 0 Å². The average molecular weight is 362 g/mol. The minimum absolute atomic E-state index is 0.0204. The van der Waals surface area contributed by atoms with E-state index in [-0.39, 0.29) is 11.2 Å². The molecule has 2 aromatic heterocycles. The molecular formula is C16H18N4O2S2. The van der Waals surface area contributed by atoms with Crippen molar-refractivity contribution in [1.82, 2.24) is 15.3 Å². The van der Waals surface area contributed by atoms with Crippen LogP contribution in [-0.2, 0) is 11.2 Å². The number of hydrogen-bond acceptors (Lipinski definition) is 7. The van der Waals surface area contributed by atoms with Crippen LogP contribution in [-0.4, -0.2) is 27.7 Å². The molecule has 0 fully saturated rings. The maximum atomic E-state index is 12.3. The third-order valence-corrected chi connectivity index (χ3v) is 5.36. The van der Waals surface area contributed by atoms with Crippen molar-refractivity contribution in [3.63, 3.8) is 0 Å². The molecule has 0 bridgehead atoms. The van der Waals surface area contributed by atoms with E-state index in [1.165, 1.54) is 23.1 Å². The fourth-order valence-electron chi connectivity index (χ4n) is 2.21. The molecular weight excluding hydrogens is 344 g/mol. The SMILES string of the molecule is CC[C@H](Sc1nc2ccccc2o1)C(=O)NCCc1csc(N)n1.